The molecule has 0 saturated carbocycles. The highest BCUT2D eigenvalue weighted by atomic mass is 19.1. The lowest BCUT2D eigenvalue weighted by Gasteiger charge is -2.41. The van der Waals surface area contributed by atoms with Crippen LogP contribution in [-0.2, 0) is 6.42 Å². The fraction of sp³-hybridized carbons (Fsp3) is 0.409. The smallest absolute Gasteiger partial charge is 0.327 e. The van der Waals surface area contributed by atoms with Crippen molar-refractivity contribution in [2.45, 2.75) is 32.7 Å². The van der Waals surface area contributed by atoms with E-state index >= 15 is 0 Å². The number of halogens is 1. The second-order valence-corrected chi connectivity index (χ2v) is 8.88. The van der Waals surface area contributed by atoms with Gasteiger partial charge in [-0.1, -0.05) is 0 Å². The van der Waals surface area contributed by atoms with Gasteiger partial charge in [-0.25, -0.2) is 19.2 Å². The number of pyridine rings is 2. The lowest BCUT2D eigenvalue weighted by molar-refractivity contribution is 0.257. The molecule has 31 heavy (non-hydrogen) atoms. The standard InChI is InChI=1S/C22H26FN7O/c1-14-11-29-12-17(16(23)10-19(29)26-14)27-21(31)30-8-5-15-18(4-6-24-20(15)30)28-9-7-25-22(2,3)13-28/h4,6,10-12,25H,5,7-9,13H2,1-3H3,(H,27,31). The van der Waals surface area contributed by atoms with Gasteiger partial charge in [0.1, 0.15) is 11.5 Å². The van der Waals surface area contributed by atoms with Crippen molar-refractivity contribution in [1.29, 1.82) is 0 Å². The predicted molar refractivity (Wildman–Crippen MR) is 118 cm³/mol. The van der Waals surface area contributed by atoms with E-state index in [1.807, 2.05) is 13.0 Å². The van der Waals surface area contributed by atoms with E-state index in [1.165, 1.54) is 6.07 Å². The number of fused-ring (bicyclic) bond motifs is 2. The summed E-state index contributed by atoms with van der Waals surface area (Å²) in [6, 6.07) is 2.96. The fourth-order valence-electron chi connectivity index (χ4n) is 4.53. The Morgan fingerprint density at radius 1 is 1.29 bits per heavy atom. The van der Waals surface area contributed by atoms with Crippen molar-refractivity contribution >= 4 is 28.9 Å². The molecule has 0 aromatic carbocycles. The Morgan fingerprint density at radius 2 is 2.13 bits per heavy atom. The summed E-state index contributed by atoms with van der Waals surface area (Å²) in [6.45, 7) is 9.42. The van der Waals surface area contributed by atoms with E-state index in [9.17, 15) is 9.18 Å². The Labute approximate surface area is 180 Å². The molecule has 5 rings (SSSR count). The zero-order valence-electron chi connectivity index (χ0n) is 17.9. The second-order valence-electron chi connectivity index (χ2n) is 8.88. The zero-order chi connectivity index (χ0) is 21.8. The third-order valence-corrected chi connectivity index (χ3v) is 5.91. The number of carbonyl (C=O) groups excluding carboxylic acids is 1. The minimum Gasteiger partial charge on any atom is -0.368 e. The van der Waals surface area contributed by atoms with Gasteiger partial charge in [0.15, 0.2) is 5.82 Å². The first kappa shape index (κ1) is 19.7. The van der Waals surface area contributed by atoms with Crippen LogP contribution in [0.15, 0.2) is 30.7 Å². The quantitative estimate of drug-likeness (QED) is 0.663. The molecule has 2 N–H and O–H groups in total. The molecule has 0 atom stereocenters. The Kier molecular flexibility index (Phi) is 4.58. The molecule has 8 nitrogen and oxygen atoms in total. The maximum atomic E-state index is 14.5. The van der Waals surface area contributed by atoms with Crippen molar-refractivity contribution < 1.29 is 9.18 Å². The van der Waals surface area contributed by atoms with Crippen molar-refractivity contribution in [3.63, 3.8) is 0 Å². The van der Waals surface area contributed by atoms with E-state index in [2.05, 4.69) is 39.3 Å². The van der Waals surface area contributed by atoms with E-state index in [0.717, 1.165) is 43.0 Å². The van der Waals surface area contributed by atoms with Gasteiger partial charge >= 0.3 is 6.03 Å². The van der Waals surface area contributed by atoms with Crippen LogP contribution in [0.3, 0.4) is 0 Å². The predicted octanol–water partition coefficient (Wildman–Crippen LogP) is 2.96. The maximum Gasteiger partial charge on any atom is 0.327 e. The minimum absolute atomic E-state index is 0.0198. The summed E-state index contributed by atoms with van der Waals surface area (Å²) in [5, 5.41) is 6.23. The maximum absolute atomic E-state index is 14.5. The summed E-state index contributed by atoms with van der Waals surface area (Å²) in [7, 11) is 0. The van der Waals surface area contributed by atoms with Gasteiger partial charge in [0.25, 0.3) is 0 Å². The van der Waals surface area contributed by atoms with E-state index in [-0.39, 0.29) is 17.3 Å². The Balaban J connectivity index is 1.40. The van der Waals surface area contributed by atoms with E-state index in [4.69, 9.17) is 0 Å². The van der Waals surface area contributed by atoms with Gasteiger partial charge in [0.05, 0.1) is 11.4 Å². The first-order valence-corrected chi connectivity index (χ1v) is 10.5. The average molecular weight is 423 g/mol. The number of piperazine rings is 1. The normalized spacial score (nSPS) is 17.8. The van der Waals surface area contributed by atoms with Crippen LogP contribution in [0.2, 0.25) is 0 Å². The molecule has 9 heteroatoms. The lowest BCUT2D eigenvalue weighted by Crippen LogP contribution is -2.57. The summed E-state index contributed by atoms with van der Waals surface area (Å²) in [5.74, 6) is 0.127. The third kappa shape index (κ3) is 3.59. The molecule has 0 spiro atoms. The van der Waals surface area contributed by atoms with E-state index in [1.54, 1.807) is 27.9 Å². The lowest BCUT2D eigenvalue weighted by atomic mass is 10.0. The molecular weight excluding hydrogens is 397 g/mol. The summed E-state index contributed by atoms with van der Waals surface area (Å²) in [5.41, 5.74) is 3.61. The number of hydrogen-bond acceptors (Lipinski definition) is 5. The van der Waals surface area contributed by atoms with Crippen LogP contribution in [0, 0.1) is 12.7 Å². The summed E-state index contributed by atoms with van der Waals surface area (Å²) in [6.07, 6.45) is 5.80. The number of hydrogen-bond donors (Lipinski definition) is 2. The number of nitrogens with one attached hydrogen (secondary N) is 2. The highest BCUT2D eigenvalue weighted by Crippen LogP contribution is 2.35. The van der Waals surface area contributed by atoms with Crippen LogP contribution >= 0.6 is 0 Å². The molecular formula is C22H26FN7O. The van der Waals surface area contributed by atoms with Gasteiger partial charge in [-0.2, -0.15) is 0 Å². The van der Waals surface area contributed by atoms with Crippen LogP contribution in [0.5, 0.6) is 0 Å². The highest BCUT2D eigenvalue weighted by Gasteiger charge is 2.32. The monoisotopic (exact) mass is 423 g/mol. The second kappa shape index (κ2) is 7.19. The number of carbonyl (C=O) groups is 1. The van der Waals surface area contributed by atoms with Crippen molar-refractivity contribution in [3.8, 4) is 0 Å². The average Bonchev–Trinajstić information content (AvgIpc) is 3.29. The molecule has 2 amide bonds. The van der Waals surface area contributed by atoms with Crippen LogP contribution in [0.25, 0.3) is 5.65 Å². The van der Waals surface area contributed by atoms with Gasteiger partial charge in [-0.15, -0.1) is 0 Å². The summed E-state index contributed by atoms with van der Waals surface area (Å²) < 4.78 is 16.2. The molecule has 2 aliphatic rings. The number of nitrogens with zero attached hydrogens (tertiary/aromatic N) is 5. The number of rotatable bonds is 2. The van der Waals surface area contributed by atoms with Crippen molar-refractivity contribution in [2.75, 3.05) is 41.3 Å². The van der Waals surface area contributed by atoms with Crippen molar-refractivity contribution in [3.05, 3.63) is 47.8 Å². The number of amides is 2. The number of imidazole rings is 1. The Hall–Kier alpha value is -3.20. The van der Waals surface area contributed by atoms with Crippen LogP contribution in [-0.4, -0.2) is 52.1 Å². The molecule has 0 unspecified atom stereocenters. The minimum atomic E-state index is -0.518. The molecule has 1 saturated heterocycles. The molecule has 0 aliphatic carbocycles. The summed E-state index contributed by atoms with van der Waals surface area (Å²) in [4.78, 5) is 25.7. The first-order valence-electron chi connectivity index (χ1n) is 10.5. The first-order chi connectivity index (χ1) is 14.8. The van der Waals surface area contributed by atoms with E-state index in [0.29, 0.717) is 18.0 Å². The molecule has 2 aliphatic heterocycles. The van der Waals surface area contributed by atoms with E-state index < -0.39 is 5.82 Å². The molecule has 0 bridgehead atoms. The third-order valence-electron chi connectivity index (χ3n) is 5.91. The van der Waals surface area contributed by atoms with Gasteiger partial charge < -0.3 is 19.9 Å². The number of aryl methyl sites for hydroxylation is 1. The SMILES string of the molecule is Cc1cn2cc(NC(=O)N3CCc4c(N5CCNC(C)(C)C5)ccnc43)c(F)cc2n1. The molecule has 3 aromatic rings. The van der Waals surface area contributed by atoms with Gasteiger partial charge in [0, 0.05) is 67.6 Å². The van der Waals surface area contributed by atoms with Gasteiger partial charge in [0.2, 0.25) is 0 Å². The molecule has 5 heterocycles. The molecule has 3 aromatic heterocycles. The number of aromatic nitrogens is 3. The van der Waals surface area contributed by atoms with Crippen molar-refractivity contribution in [2.24, 2.45) is 0 Å². The van der Waals surface area contributed by atoms with Gasteiger partial charge in [-0.3, -0.25) is 4.90 Å². The van der Waals surface area contributed by atoms with Crippen molar-refractivity contribution in [1.82, 2.24) is 19.7 Å². The zero-order valence-corrected chi connectivity index (χ0v) is 17.9. The highest BCUT2D eigenvalue weighted by molar-refractivity contribution is 6.03. The Bertz CT molecular complexity index is 1170. The molecule has 1 fully saturated rings. The van der Waals surface area contributed by atoms with Crippen LogP contribution in [0.4, 0.5) is 26.4 Å². The van der Waals surface area contributed by atoms with Gasteiger partial charge in [-0.05, 0) is 33.3 Å². The Morgan fingerprint density at radius 3 is 2.94 bits per heavy atom. The molecule has 0 radical (unpaired) electrons. The topological polar surface area (TPSA) is 77.8 Å². The van der Waals surface area contributed by atoms with Crippen LogP contribution < -0.4 is 20.4 Å². The molecule has 162 valence electrons. The summed E-state index contributed by atoms with van der Waals surface area (Å²) >= 11 is 0. The largest absolute Gasteiger partial charge is 0.368 e. The number of urea groups is 1. The fourth-order valence-corrected chi connectivity index (χ4v) is 4.53. The van der Waals surface area contributed by atoms with Crippen LogP contribution in [0.1, 0.15) is 25.1 Å². The number of anilines is 3.